The van der Waals surface area contributed by atoms with Gasteiger partial charge in [0.1, 0.15) is 0 Å². The van der Waals surface area contributed by atoms with Crippen LogP contribution in [0.3, 0.4) is 0 Å². The molecule has 4 saturated heterocycles. The number of hydrogen-bond acceptors (Lipinski definition) is 12. The van der Waals surface area contributed by atoms with Gasteiger partial charge in [-0.1, -0.05) is 20.3 Å². The highest BCUT2D eigenvalue weighted by molar-refractivity contribution is 5.72. The number of carbonyl (C=O) groups is 1. The van der Waals surface area contributed by atoms with Crippen LogP contribution in [0.15, 0.2) is 0 Å². The van der Waals surface area contributed by atoms with Crippen molar-refractivity contribution in [1.82, 2.24) is 24.9 Å². The molecule has 4 rings (SSSR count). The molecule has 0 radical (unpaired) electrons. The van der Waals surface area contributed by atoms with Crippen LogP contribution in [-0.2, 0) is 23.7 Å². The summed E-state index contributed by atoms with van der Waals surface area (Å²) >= 11 is 0. The number of aliphatic hydroxyl groups is 3. The van der Waals surface area contributed by atoms with Crippen LogP contribution >= 0.6 is 0 Å². The van der Waals surface area contributed by atoms with Crippen LogP contribution < -0.4 is 5.32 Å². The third kappa shape index (κ3) is 120. The van der Waals surface area contributed by atoms with Gasteiger partial charge in [-0.3, -0.25) is 9.53 Å². The molecule has 0 unspecified atom stereocenters. The van der Waals surface area contributed by atoms with Crippen LogP contribution in [0.4, 0.5) is 30.7 Å². The molecule has 0 spiro atoms. The molecule has 0 aromatic carbocycles. The Bertz CT molecular complexity index is 783. The summed E-state index contributed by atoms with van der Waals surface area (Å²) in [4.78, 5) is 19.1. The summed E-state index contributed by atoms with van der Waals surface area (Å²) in [6.07, 6.45) is 5.73. The van der Waals surface area contributed by atoms with Gasteiger partial charge in [0.15, 0.2) is 0 Å². The van der Waals surface area contributed by atoms with E-state index in [0.717, 1.165) is 66.1 Å². The summed E-state index contributed by atoms with van der Waals surface area (Å²) in [5.74, 6) is -2.50. The van der Waals surface area contributed by atoms with Crippen molar-refractivity contribution in [1.29, 1.82) is 0 Å². The van der Waals surface area contributed by atoms with Crippen molar-refractivity contribution in [2.24, 2.45) is 0 Å². The van der Waals surface area contributed by atoms with Gasteiger partial charge in [0.25, 0.3) is 0 Å². The van der Waals surface area contributed by atoms with Gasteiger partial charge in [-0.15, -0.1) is 13.2 Å². The first kappa shape index (κ1) is 78.7. The van der Waals surface area contributed by atoms with E-state index in [0.29, 0.717) is 13.7 Å². The number of alkyl halides is 7. The molecule has 1 atom stereocenters. The third-order valence-corrected chi connectivity index (χ3v) is 7.63. The van der Waals surface area contributed by atoms with Crippen molar-refractivity contribution in [2.75, 3.05) is 136 Å². The number of halogens is 7. The Morgan fingerprint density at radius 2 is 1.03 bits per heavy atom. The van der Waals surface area contributed by atoms with Crippen LogP contribution in [0.1, 0.15) is 114 Å². The van der Waals surface area contributed by atoms with E-state index in [-0.39, 0.29) is 12.5 Å². The van der Waals surface area contributed by atoms with Crippen molar-refractivity contribution >= 4 is 5.91 Å². The second kappa shape index (κ2) is 56.7. The van der Waals surface area contributed by atoms with Gasteiger partial charge < -0.3 is 54.4 Å². The molecule has 0 aromatic rings. The maximum absolute atomic E-state index is 11.0. The summed E-state index contributed by atoms with van der Waals surface area (Å²) < 4.78 is 90.5. The highest BCUT2D eigenvalue weighted by atomic mass is 19.4. The molecule has 0 aliphatic carbocycles. The topological polar surface area (TPSA) is 140 Å². The molecule has 4 N–H and O–H groups in total. The van der Waals surface area contributed by atoms with E-state index in [4.69, 9.17) is 20.1 Å². The molecule has 13 nitrogen and oxygen atoms in total. The standard InChI is InChI=1S/2C6H13N.C5H11NO.C5H12O.C4H9N.C3H6F2.C3H7NO.C3H8O.C2H3F3O.C2H4F2O.2C2H6O/c1-6-4-3-5-7(6)2;1-7-5-3-2-4-6-7;1-6-2-4-7-5-3-6;1-4-5(2,3)6;1-5-3-2-4-5;1-3(2,4)5;1-3(5)4-2;1-2-3-4;1-6-2(3,4)5;1-5-2(3)4;1-3-2;1-2-3/h6H,3-5H2,1-2H3;2-6H2,1H3;2-5H2,1H3;6H,4H2,1-3H3;2-4H2,1H3;1-2H3;1-2H3,(H,4,5);4H,2-3H2,1H3;1H3;2H,1H3;1-2H3;3H,2H2,1H3/t6-;;;;;;;;;;;/m0.........../s1. The minimum Gasteiger partial charge on any atom is -0.397 e. The molecular formula is C43H98F7N5O8. The van der Waals surface area contributed by atoms with Crippen LogP contribution in [0.5, 0.6) is 0 Å². The molecule has 20 heteroatoms. The van der Waals surface area contributed by atoms with Gasteiger partial charge in [0.2, 0.25) is 11.8 Å². The Morgan fingerprint density at radius 3 is 1.11 bits per heavy atom. The number of aliphatic hydroxyl groups excluding tert-OH is 2. The van der Waals surface area contributed by atoms with Crippen molar-refractivity contribution in [3.8, 4) is 0 Å². The van der Waals surface area contributed by atoms with Gasteiger partial charge in [0.05, 0.1) is 18.8 Å². The number of methoxy groups -OCH3 is 3. The fourth-order valence-corrected chi connectivity index (χ4v) is 3.26. The molecular weight excluding hydrogens is 847 g/mol. The van der Waals surface area contributed by atoms with Crippen molar-refractivity contribution in [3.05, 3.63) is 0 Å². The number of morpholine rings is 1. The van der Waals surface area contributed by atoms with Gasteiger partial charge in [0, 0.05) is 74.8 Å². The lowest BCUT2D eigenvalue weighted by Crippen LogP contribution is -2.32. The molecule has 0 aromatic heterocycles. The summed E-state index contributed by atoms with van der Waals surface area (Å²) in [6.45, 7) is 23.2. The SMILES string of the molecule is CC(C)(F)F.CCC(C)(C)O.CCCO.CCO.CN1CCC1.CN1CCCCC1.CN1CCOCC1.CNC(C)=O.COC.COC(F)(F)F.COC(F)F.C[C@H]1CCCN1C. The monoisotopic (exact) mass is 946 g/mol. The Kier molecular flexibility index (Phi) is 70.8. The molecule has 4 aliphatic rings. The molecule has 1 amide bonds. The summed E-state index contributed by atoms with van der Waals surface area (Å²) in [7, 11) is 15.0. The van der Waals surface area contributed by atoms with E-state index in [9.17, 15) is 35.5 Å². The van der Waals surface area contributed by atoms with Gasteiger partial charge in [-0.25, -0.2) is 8.78 Å². The van der Waals surface area contributed by atoms with Crippen LogP contribution in [0.2, 0.25) is 0 Å². The number of piperidine rings is 1. The maximum Gasteiger partial charge on any atom is 0.522 e. The zero-order valence-corrected chi connectivity index (χ0v) is 42.9. The first-order valence-electron chi connectivity index (χ1n) is 21.6. The molecule has 0 bridgehead atoms. The number of likely N-dealkylation sites (N-methyl/N-ethyl adjacent to an activating group) is 1. The molecule has 4 heterocycles. The Labute approximate surface area is 380 Å². The number of nitrogens with one attached hydrogen (secondary N) is 1. The molecule has 4 fully saturated rings. The van der Waals surface area contributed by atoms with Crippen LogP contribution in [-0.4, -0.2) is 207 Å². The van der Waals surface area contributed by atoms with E-state index in [1.54, 1.807) is 42.0 Å². The number of hydrogen-bond donors (Lipinski definition) is 4. The lowest BCUT2D eigenvalue weighted by atomic mass is 10.1. The molecule has 63 heavy (non-hydrogen) atoms. The molecule has 4 aliphatic heterocycles. The van der Waals surface area contributed by atoms with Gasteiger partial charge >= 0.3 is 13.0 Å². The largest absolute Gasteiger partial charge is 0.522 e. The van der Waals surface area contributed by atoms with E-state index in [1.807, 2.05) is 13.8 Å². The Balaban J connectivity index is -0.0000000881. The lowest BCUT2D eigenvalue weighted by molar-refractivity contribution is -0.311. The first-order chi connectivity index (χ1) is 28.9. The first-order valence-corrected chi connectivity index (χ1v) is 21.6. The van der Waals surface area contributed by atoms with Crippen molar-refractivity contribution in [2.45, 2.75) is 144 Å². The average Bonchev–Trinajstić information content (AvgIpc) is 3.57. The predicted octanol–water partition coefficient (Wildman–Crippen LogP) is 7.71. The number of nitrogens with zero attached hydrogens (tertiary/aromatic N) is 4. The highest BCUT2D eigenvalue weighted by Gasteiger charge is 2.25. The maximum atomic E-state index is 11.0. The highest BCUT2D eigenvalue weighted by Crippen LogP contribution is 2.13. The third-order valence-electron chi connectivity index (χ3n) is 7.63. The normalized spacial score (nSPS) is 17.1. The van der Waals surface area contributed by atoms with Gasteiger partial charge in [-0.05, 0) is 147 Å². The zero-order valence-electron chi connectivity index (χ0n) is 42.9. The number of amides is 1. The fraction of sp³-hybridized carbons (Fsp3) is 0.977. The van der Waals surface area contributed by atoms with Crippen molar-refractivity contribution in [3.63, 3.8) is 0 Å². The quantitative estimate of drug-likeness (QED) is 0.206. The molecule has 0 saturated carbocycles. The minimum absolute atomic E-state index is 0.00463. The number of likely N-dealkylation sites (tertiary alicyclic amines) is 3. The van der Waals surface area contributed by atoms with Crippen LogP contribution in [0, 0.1) is 0 Å². The predicted molar refractivity (Wildman–Crippen MR) is 245 cm³/mol. The minimum atomic E-state index is -4.46. The average molecular weight is 946 g/mol. The Morgan fingerprint density at radius 1 is 0.746 bits per heavy atom. The number of rotatable bonds is 3. The second-order valence-corrected chi connectivity index (χ2v) is 15.3. The number of ether oxygens (including phenoxy) is 4. The second-order valence-electron chi connectivity index (χ2n) is 15.3. The Hall–Kier alpha value is -1.46. The van der Waals surface area contributed by atoms with Gasteiger partial charge in [-0.2, -0.15) is 8.78 Å². The fourth-order valence-electron chi connectivity index (χ4n) is 3.26. The summed E-state index contributed by atoms with van der Waals surface area (Å²) in [5.41, 5.74) is -0.458. The lowest BCUT2D eigenvalue weighted by Gasteiger charge is -2.24. The smallest absolute Gasteiger partial charge is 0.397 e. The summed E-state index contributed by atoms with van der Waals surface area (Å²) in [5, 5.41) is 26.7. The van der Waals surface area contributed by atoms with E-state index >= 15 is 0 Å². The zero-order chi connectivity index (χ0) is 51.5. The number of carbonyl (C=O) groups excluding carboxylic acids is 1. The van der Waals surface area contributed by atoms with E-state index in [1.165, 1.54) is 78.2 Å². The summed E-state index contributed by atoms with van der Waals surface area (Å²) in [6, 6.07) is 0.847. The van der Waals surface area contributed by atoms with E-state index < -0.39 is 24.5 Å². The van der Waals surface area contributed by atoms with Crippen molar-refractivity contribution < 1.29 is 69.8 Å². The van der Waals surface area contributed by atoms with E-state index in [2.05, 4.69) is 74.2 Å². The molecule has 392 valence electrons. The van der Waals surface area contributed by atoms with Crippen LogP contribution in [0.25, 0.3) is 0 Å².